The van der Waals surface area contributed by atoms with Crippen LogP contribution in [0.3, 0.4) is 0 Å². The summed E-state index contributed by atoms with van der Waals surface area (Å²) in [4.78, 5) is 16.8. The first-order valence-corrected chi connectivity index (χ1v) is 12.0. The molecule has 1 saturated heterocycles. The number of hydrogen-bond acceptors (Lipinski definition) is 3. The van der Waals surface area contributed by atoms with Gasteiger partial charge in [-0.3, -0.25) is 4.79 Å². The van der Waals surface area contributed by atoms with Gasteiger partial charge in [0.2, 0.25) is 0 Å². The molecule has 3 aromatic carbocycles. The van der Waals surface area contributed by atoms with Gasteiger partial charge in [0.15, 0.2) is 0 Å². The van der Waals surface area contributed by atoms with E-state index in [0.717, 1.165) is 0 Å². The molecule has 0 N–H and O–H groups in total. The molecular formula is C26H20Cl3F2N3O. The summed E-state index contributed by atoms with van der Waals surface area (Å²) in [6.07, 6.45) is 0.636. The van der Waals surface area contributed by atoms with Gasteiger partial charge in [-0.1, -0.05) is 34.8 Å². The Bertz CT molecular complexity index is 1340. The number of nitriles is 1. The van der Waals surface area contributed by atoms with Crippen LogP contribution in [0.25, 0.3) is 0 Å². The van der Waals surface area contributed by atoms with E-state index in [1.807, 2.05) is 11.0 Å². The minimum atomic E-state index is -0.584. The van der Waals surface area contributed by atoms with Crippen LogP contribution in [-0.2, 0) is 6.54 Å². The fourth-order valence-electron chi connectivity index (χ4n) is 4.21. The second-order valence-electron chi connectivity index (χ2n) is 8.42. The van der Waals surface area contributed by atoms with Crippen molar-refractivity contribution in [3.63, 3.8) is 0 Å². The Labute approximate surface area is 217 Å². The van der Waals surface area contributed by atoms with Crippen LogP contribution in [0.15, 0.2) is 48.5 Å². The van der Waals surface area contributed by atoms with Crippen molar-refractivity contribution in [1.29, 1.82) is 5.26 Å². The molecule has 0 spiro atoms. The number of aryl methyl sites for hydroxylation is 1. The van der Waals surface area contributed by atoms with E-state index >= 15 is 0 Å². The van der Waals surface area contributed by atoms with Crippen molar-refractivity contribution in [2.24, 2.45) is 0 Å². The van der Waals surface area contributed by atoms with E-state index in [0.29, 0.717) is 52.5 Å². The Morgan fingerprint density at radius 3 is 2.51 bits per heavy atom. The molecule has 1 heterocycles. The fraction of sp³-hybridized carbons (Fsp3) is 0.231. The largest absolute Gasteiger partial charge is 0.362 e. The lowest BCUT2D eigenvalue weighted by molar-refractivity contribution is 0.0790. The average Bonchev–Trinajstić information content (AvgIpc) is 3.31. The van der Waals surface area contributed by atoms with Crippen LogP contribution in [0.2, 0.25) is 15.1 Å². The standard InChI is InChI=1S/C26H20Cl3F2N3O/c1-15-8-16(3-5-24(15)30)26(35)33-7-6-20(14-33)34(19-4-2-17(12-32)21(27)10-19)13-18-9-25(31)23(29)11-22(18)28/h2-5,8-11,20H,6-7,13-14H2,1H3/t20-/m0/s1. The molecular weight excluding hydrogens is 515 g/mol. The number of likely N-dealkylation sites (tertiary alicyclic amines) is 1. The van der Waals surface area contributed by atoms with Crippen molar-refractivity contribution >= 4 is 46.4 Å². The van der Waals surface area contributed by atoms with Gasteiger partial charge < -0.3 is 9.80 Å². The zero-order chi connectivity index (χ0) is 25.3. The maximum atomic E-state index is 14.2. The van der Waals surface area contributed by atoms with Crippen LogP contribution in [0.5, 0.6) is 0 Å². The fourth-order valence-corrected chi connectivity index (χ4v) is 4.87. The lowest BCUT2D eigenvalue weighted by Gasteiger charge is -2.32. The van der Waals surface area contributed by atoms with Crippen LogP contribution in [0.1, 0.15) is 33.5 Å². The minimum absolute atomic E-state index is 0.0704. The van der Waals surface area contributed by atoms with E-state index in [9.17, 15) is 18.8 Å². The Morgan fingerprint density at radius 1 is 1.06 bits per heavy atom. The summed E-state index contributed by atoms with van der Waals surface area (Å²) in [5, 5.41) is 9.77. The number of anilines is 1. The lowest BCUT2D eigenvalue weighted by Crippen LogP contribution is -2.38. The third-order valence-electron chi connectivity index (χ3n) is 6.13. The van der Waals surface area contributed by atoms with E-state index in [2.05, 4.69) is 0 Å². The summed E-state index contributed by atoms with van der Waals surface area (Å²) in [6, 6.07) is 13.9. The van der Waals surface area contributed by atoms with Crippen molar-refractivity contribution in [1.82, 2.24) is 4.90 Å². The maximum Gasteiger partial charge on any atom is 0.253 e. The van der Waals surface area contributed by atoms with Crippen molar-refractivity contribution in [3.05, 3.63) is 97.5 Å². The summed E-state index contributed by atoms with van der Waals surface area (Å²) < 4.78 is 27.9. The van der Waals surface area contributed by atoms with Gasteiger partial charge in [-0.25, -0.2) is 8.78 Å². The van der Waals surface area contributed by atoms with E-state index < -0.39 is 5.82 Å². The van der Waals surface area contributed by atoms with Crippen molar-refractivity contribution in [3.8, 4) is 6.07 Å². The van der Waals surface area contributed by atoms with Crippen LogP contribution in [0.4, 0.5) is 14.5 Å². The Kier molecular flexibility index (Phi) is 7.51. The first-order valence-electron chi connectivity index (χ1n) is 10.8. The highest BCUT2D eigenvalue weighted by atomic mass is 35.5. The summed E-state index contributed by atoms with van der Waals surface area (Å²) in [5.41, 5.74) is 2.38. The summed E-state index contributed by atoms with van der Waals surface area (Å²) >= 11 is 18.5. The van der Waals surface area contributed by atoms with Gasteiger partial charge in [0.05, 0.1) is 15.6 Å². The molecule has 4 nitrogen and oxygen atoms in total. The number of benzene rings is 3. The highest BCUT2D eigenvalue weighted by molar-refractivity contribution is 6.35. The zero-order valence-electron chi connectivity index (χ0n) is 18.7. The molecule has 0 aromatic heterocycles. The van der Waals surface area contributed by atoms with Crippen molar-refractivity contribution < 1.29 is 13.6 Å². The molecule has 1 aliphatic rings. The van der Waals surface area contributed by atoms with E-state index in [1.54, 1.807) is 36.1 Å². The highest BCUT2D eigenvalue weighted by Crippen LogP contribution is 2.32. The molecule has 3 aromatic rings. The number of nitrogens with zero attached hydrogens (tertiary/aromatic N) is 3. The molecule has 0 unspecified atom stereocenters. The summed E-state index contributed by atoms with van der Waals surface area (Å²) in [6.45, 7) is 2.73. The molecule has 1 fully saturated rings. The molecule has 0 radical (unpaired) electrons. The smallest absolute Gasteiger partial charge is 0.253 e. The molecule has 1 aliphatic heterocycles. The quantitative estimate of drug-likeness (QED) is 0.330. The molecule has 35 heavy (non-hydrogen) atoms. The lowest BCUT2D eigenvalue weighted by atomic mass is 10.1. The van der Waals surface area contributed by atoms with Gasteiger partial charge >= 0.3 is 0 Å². The number of carbonyl (C=O) groups is 1. The van der Waals surface area contributed by atoms with Crippen LogP contribution < -0.4 is 4.90 Å². The predicted molar refractivity (Wildman–Crippen MR) is 134 cm³/mol. The molecule has 0 bridgehead atoms. The van der Waals surface area contributed by atoms with Gasteiger partial charge in [-0.2, -0.15) is 5.26 Å². The molecule has 9 heteroatoms. The van der Waals surface area contributed by atoms with Crippen LogP contribution in [-0.4, -0.2) is 29.9 Å². The van der Waals surface area contributed by atoms with E-state index in [-0.39, 0.29) is 34.4 Å². The zero-order valence-corrected chi connectivity index (χ0v) is 20.9. The van der Waals surface area contributed by atoms with Gasteiger partial charge in [0.25, 0.3) is 5.91 Å². The topological polar surface area (TPSA) is 47.3 Å². The molecule has 1 atom stereocenters. The monoisotopic (exact) mass is 533 g/mol. The number of hydrogen-bond donors (Lipinski definition) is 0. The van der Waals surface area contributed by atoms with E-state index in [4.69, 9.17) is 34.8 Å². The molecule has 180 valence electrons. The van der Waals surface area contributed by atoms with Gasteiger partial charge in [-0.05, 0) is 73.0 Å². The van der Waals surface area contributed by atoms with Crippen LogP contribution in [0, 0.1) is 29.9 Å². The normalized spacial score (nSPS) is 15.2. The molecule has 1 amide bonds. The predicted octanol–water partition coefficient (Wildman–Crippen LogP) is 7.03. The average molecular weight is 535 g/mol. The Balaban J connectivity index is 1.64. The first kappa shape index (κ1) is 25.2. The number of rotatable bonds is 5. The number of amides is 1. The number of halogens is 5. The Hall–Kier alpha value is -2.85. The SMILES string of the molecule is Cc1cc(C(=O)N2CC[C@H](N(Cc3cc(F)c(Cl)cc3Cl)c3ccc(C#N)c(Cl)c3)C2)ccc1F. The minimum Gasteiger partial charge on any atom is -0.362 e. The third kappa shape index (κ3) is 5.38. The van der Waals surface area contributed by atoms with Gasteiger partial charge in [0.1, 0.15) is 17.7 Å². The Morgan fingerprint density at radius 2 is 1.83 bits per heavy atom. The maximum absolute atomic E-state index is 14.2. The molecule has 0 saturated carbocycles. The van der Waals surface area contributed by atoms with Gasteiger partial charge in [-0.15, -0.1) is 0 Å². The first-order chi connectivity index (χ1) is 16.7. The van der Waals surface area contributed by atoms with Crippen LogP contribution >= 0.6 is 34.8 Å². The second kappa shape index (κ2) is 10.4. The highest BCUT2D eigenvalue weighted by Gasteiger charge is 2.32. The van der Waals surface area contributed by atoms with Crippen molar-refractivity contribution in [2.75, 3.05) is 18.0 Å². The molecule has 0 aliphatic carbocycles. The van der Waals surface area contributed by atoms with Crippen molar-refractivity contribution in [2.45, 2.75) is 25.9 Å². The van der Waals surface area contributed by atoms with E-state index in [1.165, 1.54) is 24.3 Å². The van der Waals surface area contributed by atoms with Gasteiger partial charge in [0, 0.05) is 41.9 Å². The summed E-state index contributed by atoms with van der Waals surface area (Å²) in [7, 11) is 0. The second-order valence-corrected chi connectivity index (χ2v) is 9.64. The third-order valence-corrected chi connectivity index (χ3v) is 7.09. The summed E-state index contributed by atoms with van der Waals surface area (Å²) in [5.74, 6) is -1.14. The number of carbonyl (C=O) groups excluding carboxylic acids is 1. The molecule has 4 rings (SSSR count).